The fourth-order valence-electron chi connectivity index (χ4n) is 2.52. The molecule has 12 heteroatoms. The Morgan fingerprint density at radius 2 is 2.21 bits per heavy atom. The van der Waals surface area contributed by atoms with Gasteiger partial charge in [-0.1, -0.05) is 17.4 Å². The van der Waals surface area contributed by atoms with Crippen LogP contribution in [-0.4, -0.2) is 45.2 Å². The summed E-state index contributed by atoms with van der Waals surface area (Å²) < 4.78 is 0. The van der Waals surface area contributed by atoms with Crippen molar-refractivity contribution in [2.24, 2.45) is 0 Å². The summed E-state index contributed by atoms with van der Waals surface area (Å²) >= 11 is 4.12. The van der Waals surface area contributed by atoms with Crippen LogP contribution in [0.25, 0.3) is 0 Å². The SMILES string of the molecule is Cc1nnc(NC(=O)CSC2NC(=O)CC(CC(=O)NCc3cccs3)N2)s1. The molecule has 28 heavy (non-hydrogen) atoms. The van der Waals surface area contributed by atoms with E-state index >= 15 is 0 Å². The van der Waals surface area contributed by atoms with Crippen LogP contribution in [0.4, 0.5) is 5.13 Å². The van der Waals surface area contributed by atoms with Crippen LogP contribution < -0.4 is 21.3 Å². The Bertz CT molecular complexity index is 825. The Balaban J connectivity index is 1.41. The van der Waals surface area contributed by atoms with Crippen LogP contribution in [-0.2, 0) is 20.9 Å². The summed E-state index contributed by atoms with van der Waals surface area (Å²) in [6, 6.07) is 3.62. The number of rotatable bonds is 8. The number of nitrogens with zero attached hydrogens (tertiary/aromatic N) is 2. The largest absolute Gasteiger partial charge is 0.351 e. The molecular weight excluding hydrogens is 420 g/mol. The molecule has 3 amide bonds. The molecule has 2 unspecified atom stereocenters. The van der Waals surface area contributed by atoms with Gasteiger partial charge in [0.2, 0.25) is 22.9 Å². The molecule has 0 aromatic carbocycles. The number of anilines is 1. The average Bonchev–Trinajstić information content (AvgIpc) is 3.29. The molecular formula is C16H20N6O3S3. The highest BCUT2D eigenvalue weighted by Crippen LogP contribution is 2.17. The van der Waals surface area contributed by atoms with Crippen LogP contribution in [0.5, 0.6) is 0 Å². The first-order valence-electron chi connectivity index (χ1n) is 8.54. The highest BCUT2D eigenvalue weighted by molar-refractivity contribution is 8.00. The minimum atomic E-state index is -0.432. The number of carbonyl (C=O) groups is 3. The van der Waals surface area contributed by atoms with Gasteiger partial charge in [-0.2, -0.15) is 0 Å². The van der Waals surface area contributed by atoms with E-state index in [-0.39, 0.29) is 42.4 Å². The van der Waals surface area contributed by atoms with Gasteiger partial charge in [0, 0.05) is 23.8 Å². The van der Waals surface area contributed by atoms with Gasteiger partial charge in [0.1, 0.15) is 10.5 Å². The Morgan fingerprint density at radius 3 is 2.93 bits per heavy atom. The fraction of sp³-hybridized carbons (Fsp3) is 0.438. The topological polar surface area (TPSA) is 125 Å². The molecule has 4 N–H and O–H groups in total. The molecule has 0 bridgehead atoms. The summed E-state index contributed by atoms with van der Waals surface area (Å²) in [6.07, 6.45) is 0.422. The summed E-state index contributed by atoms with van der Waals surface area (Å²) in [5.74, 6) is -0.359. The van der Waals surface area contributed by atoms with E-state index < -0.39 is 5.50 Å². The number of hydrogen-bond acceptors (Lipinski definition) is 9. The normalized spacial score (nSPS) is 19.1. The molecule has 0 spiro atoms. The molecule has 2 aromatic heterocycles. The number of nitrogens with one attached hydrogen (secondary N) is 4. The standard InChI is InChI=1S/C16H20N6O3S3/c1-9-21-22-16(28-9)20-14(25)8-27-15-18-10(6-13(24)19-15)5-12(23)17-7-11-3-2-4-26-11/h2-4,10,15,18H,5-8H2,1H3,(H,17,23)(H,19,24)(H,20,22,25). The van der Waals surface area contributed by atoms with Crippen molar-refractivity contribution in [3.8, 4) is 0 Å². The van der Waals surface area contributed by atoms with Gasteiger partial charge in [-0.25, -0.2) is 0 Å². The van der Waals surface area contributed by atoms with E-state index in [1.807, 2.05) is 17.5 Å². The van der Waals surface area contributed by atoms with E-state index in [1.165, 1.54) is 23.1 Å². The van der Waals surface area contributed by atoms with Crippen molar-refractivity contribution in [2.45, 2.75) is 37.8 Å². The Labute approximate surface area is 174 Å². The van der Waals surface area contributed by atoms with E-state index in [4.69, 9.17) is 0 Å². The lowest BCUT2D eigenvalue weighted by Gasteiger charge is -2.30. The minimum absolute atomic E-state index is 0.117. The molecule has 1 aliphatic rings. The van der Waals surface area contributed by atoms with Gasteiger partial charge in [0.05, 0.1) is 12.3 Å². The zero-order valence-electron chi connectivity index (χ0n) is 15.1. The van der Waals surface area contributed by atoms with Gasteiger partial charge in [-0.15, -0.1) is 33.3 Å². The van der Waals surface area contributed by atoms with Crippen molar-refractivity contribution in [1.82, 2.24) is 26.1 Å². The first-order valence-corrected chi connectivity index (χ1v) is 11.3. The Hall–Kier alpha value is -2.02. The highest BCUT2D eigenvalue weighted by Gasteiger charge is 2.28. The van der Waals surface area contributed by atoms with Crippen LogP contribution in [0, 0.1) is 6.92 Å². The second-order valence-corrected chi connectivity index (χ2v) is 9.37. The predicted molar refractivity (Wildman–Crippen MR) is 110 cm³/mol. The second kappa shape index (κ2) is 9.96. The van der Waals surface area contributed by atoms with E-state index in [0.29, 0.717) is 11.7 Å². The molecule has 0 radical (unpaired) electrons. The van der Waals surface area contributed by atoms with Gasteiger partial charge in [0.15, 0.2) is 0 Å². The lowest BCUT2D eigenvalue weighted by Crippen LogP contribution is -2.56. The van der Waals surface area contributed by atoms with Crippen molar-refractivity contribution < 1.29 is 14.4 Å². The highest BCUT2D eigenvalue weighted by atomic mass is 32.2. The zero-order valence-corrected chi connectivity index (χ0v) is 17.5. The van der Waals surface area contributed by atoms with Crippen LogP contribution in [0.1, 0.15) is 22.7 Å². The van der Waals surface area contributed by atoms with Crippen molar-refractivity contribution in [3.05, 3.63) is 27.4 Å². The van der Waals surface area contributed by atoms with Crippen LogP contribution >= 0.6 is 34.4 Å². The molecule has 1 fully saturated rings. The monoisotopic (exact) mass is 440 g/mol. The number of hydrogen-bond donors (Lipinski definition) is 4. The lowest BCUT2D eigenvalue weighted by atomic mass is 10.1. The lowest BCUT2D eigenvalue weighted by molar-refractivity contribution is -0.125. The maximum Gasteiger partial charge on any atom is 0.236 e. The van der Waals surface area contributed by atoms with Crippen molar-refractivity contribution >= 4 is 57.3 Å². The third-order valence-electron chi connectivity index (χ3n) is 3.74. The quantitative estimate of drug-likeness (QED) is 0.483. The first-order chi connectivity index (χ1) is 13.5. The van der Waals surface area contributed by atoms with Crippen molar-refractivity contribution in [2.75, 3.05) is 11.1 Å². The van der Waals surface area contributed by atoms with Crippen molar-refractivity contribution in [1.29, 1.82) is 0 Å². The number of carbonyl (C=O) groups excluding carboxylic acids is 3. The number of aromatic nitrogens is 2. The molecule has 0 saturated carbocycles. The number of thiophene rings is 1. The summed E-state index contributed by atoms with van der Waals surface area (Å²) in [5, 5.41) is 22.4. The molecule has 1 saturated heterocycles. The third-order valence-corrected chi connectivity index (χ3v) is 6.38. The van der Waals surface area contributed by atoms with E-state index in [2.05, 4.69) is 31.5 Å². The predicted octanol–water partition coefficient (Wildman–Crippen LogP) is 1.05. The molecule has 2 aromatic rings. The minimum Gasteiger partial charge on any atom is -0.351 e. The zero-order chi connectivity index (χ0) is 19.9. The second-order valence-electron chi connectivity index (χ2n) is 6.06. The van der Waals surface area contributed by atoms with Gasteiger partial charge >= 0.3 is 0 Å². The summed E-state index contributed by atoms with van der Waals surface area (Å²) in [6.45, 7) is 2.29. The molecule has 1 aliphatic heterocycles. The molecule has 150 valence electrons. The maximum absolute atomic E-state index is 12.1. The van der Waals surface area contributed by atoms with Gasteiger partial charge in [-0.3, -0.25) is 25.0 Å². The molecule has 9 nitrogen and oxygen atoms in total. The van der Waals surface area contributed by atoms with E-state index in [9.17, 15) is 14.4 Å². The Kier molecular flexibility index (Phi) is 7.36. The van der Waals surface area contributed by atoms with Crippen LogP contribution in [0.3, 0.4) is 0 Å². The number of amides is 3. The molecule has 0 aliphatic carbocycles. The summed E-state index contributed by atoms with van der Waals surface area (Å²) in [7, 11) is 0. The summed E-state index contributed by atoms with van der Waals surface area (Å²) in [5.41, 5.74) is -0.432. The van der Waals surface area contributed by atoms with E-state index in [0.717, 1.165) is 9.88 Å². The Morgan fingerprint density at radius 1 is 1.36 bits per heavy atom. The van der Waals surface area contributed by atoms with Gasteiger partial charge < -0.3 is 10.6 Å². The van der Waals surface area contributed by atoms with Crippen LogP contribution in [0.15, 0.2) is 17.5 Å². The van der Waals surface area contributed by atoms with Gasteiger partial charge in [0.25, 0.3) is 0 Å². The molecule has 3 heterocycles. The maximum atomic E-state index is 12.1. The third kappa shape index (κ3) is 6.55. The number of aryl methyl sites for hydroxylation is 1. The summed E-state index contributed by atoms with van der Waals surface area (Å²) in [4.78, 5) is 37.1. The van der Waals surface area contributed by atoms with E-state index in [1.54, 1.807) is 18.3 Å². The molecule has 2 atom stereocenters. The number of thioether (sulfide) groups is 1. The first kappa shape index (κ1) is 20.7. The molecule has 3 rings (SSSR count). The fourth-order valence-corrected chi connectivity index (χ4v) is 4.67. The van der Waals surface area contributed by atoms with Crippen molar-refractivity contribution in [3.63, 3.8) is 0 Å². The van der Waals surface area contributed by atoms with Crippen LogP contribution in [0.2, 0.25) is 0 Å². The smallest absolute Gasteiger partial charge is 0.236 e. The van der Waals surface area contributed by atoms with Gasteiger partial charge in [-0.05, 0) is 18.4 Å². The average molecular weight is 441 g/mol.